The van der Waals surface area contributed by atoms with Gasteiger partial charge in [-0.3, -0.25) is 0 Å². The predicted molar refractivity (Wildman–Crippen MR) is 56.9 cm³/mol. The zero-order chi connectivity index (χ0) is 9.78. The molecule has 0 bridgehead atoms. The van der Waals surface area contributed by atoms with Gasteiger partial charge in [0.15, 0.2) is 0 Å². The Hall–Kier alpha value is -0.920. The lowest BCUT2D eigenvalue weighted by Gasteiger charge is -1.97. The normalized spacial score (nSPS) is 12.5. The Bertz CT molecular complexity index is 125. The van der Waals surface area contributed by atoms with E-state index in [0.29, 0.717) is 0 Å². The van der Waals surface area contributed by atoms with Gasteiger partial charge in [-0.25, -0.2) is 5.48 Å². The number of unbranched alkanes of at least 4 members (excludes halogenated alkanes) is 4. The average Bonchev–Trinajstić information content (AvgIpc) is 2.22. The molecule has 2 heteroatoms. The fourth-order valence-corrected chi connectivity index (χ4v) is 0.935. The Morgan fingerprint density at radius 2 is 1.69 bits per heavy atom. The molecule has 0 aromatic carbocycles. The number of rotatable bonds is 4. The molecule has 1 rings (SSSR count). The quantitative estimate of drug-likeness (QED) is 0.673. The van der Waals surface area contributed by atoms with Crippen LogP contribution >= 0.6 is 0 Å². The average molecular weight is 183 g/mol. The van der Waals surface area contributed by atoms with Gasteiger partial charge in [0.05, 0.1) is 0 Å². The Kier molecular flexibility index (Phi) is 10.3. The van der Waals surface area contributed by atoms with E-state index in [1.807, 2.05) is 6.08 Å². The van der Waals surface area contributed by atoms with Gasteiger partial charge < -0.3 is 4.84 Å². The molecule has 0 radical (unpaired) electrons. The lowest BCUT2D eigenvalue weighted by atomic mass is 10.2. The monoisotopic (exact) mass is 183 g/mol. The summed E-state index contributed by atoms with van der Waals surface area (Å²) in [7, 11) is 0. The number of hydrogen-bond donors (Lipinski definition) is 1. The minimum absolute atomic E-state index is 1.36. The standard InChI is InChI=1S/C7H16.C4H5NO/c1-3-5-7-6-4-2;1-2-4-6-5-3-1/h3-7H2,1-2H3;1-5H. The second-order valence-corrected chi connectivity index (χ2v) is 2.98. The summed E-state index contributed by atoms with van der Waals surface area (Å²) in [6, 6.07) is 0. The highest BCUT2D eigenvalue weighted by Crippen LogP contribution is 2.00. The summed E-state index contributed by atoms with van der Waals surface area (Å²) in [6.07, 6.45) is 13.9. The molecule has 0 saturated carbocycles. The number of hydroxylamine groups is 1. The fraction of sp³-hybridized carbons (Fsp3) is 0.636. The molecule has 0 spiro atoms. The van der Waals surface area contributed by atoms with Crippen molar-refractivity contribution >= 4 is 0 Å². The van der Waals surface area contributed by atoms with Crippen LogP contribution in [0.2, 0.25) is 0 Å². The fourth-order valence-electron chi connectivity index (χ4n) is 0.935. The lowest BCUT2D eigenvalue weighted by Crippen LogP contribution is -2.01. The highest BCUT2D eigenvalue weighted by atomic mass is 16.6. The summed E-state index contributed by atoms with van der Waals surface area (Å²) in [5.74, 6) is 0. The zero-order valence-corrected chi connectivity index (χ0v) is 8.75. The van der Waals surface area contributed by atoms with Crippen LogP contribution in [-0.4, -0.2) is 0 Å². The molecule has 1 aliphatic rings. The molecule has 0 aliphatic carbocycles. The van der Waals surface area contributed by atoms with E-state index in [2.05, 4.69) is 24.2 Å². The first kappa shape index (κ1) is 12.1. The summed E-state index contributed by atoms with van der Waals surface area (Å²) in [5.41, 5.74) is 2.52. The first-order valence-corrected chi connectivity index (χ1v) is 5.14. The SMILES string of the molecule is C1=CNOC=C1.CCCCCCC. The van der Waals surface area contributed by atoms with Gasteiger partial charge in [-0.1, -0.05) is 46.0 Å². The number of allylic oxidation sites excluding steroid dienone is 2. The van der Waals surface area contributed by atoms with E-state index in [4.69, 9.17) is 0 Å². The van der Waals surface area contributed by atoms with Crippen molar-refractivity contribution < 1.29 is 4.84 Å². The molecule has 0 fully saturated rings. The number of hydrogen-bond acceptors (Lipinski definition) is 2. The van der Waals surface area contributed by atoms with Gasteiger partial charge in [-0.05, 0) is 12.2 Å². The van der Waals surface area contributed by atoms with Crippen LogP contribution in [-0.2, 0) is 4.84 Å². The summed E-state index contributed by atoms with van der Waals surface area (Å²) in [5, 5.41) is 0. The van der Waals surface area contributed by atoms with Crippen LogP contribution in [0, 0.1) is 0 Å². The van der Waals surface area contributed by atoms with Crippen LogP contribution in [0.15, 0.2) is 24.6 Å². The molecule has 0 saturated heterocycles. The van der Waals surface area contributed by atoms with Gasteiger partial charge in [0.25, 0.3) is 0 Å². The van der Waals surface area contributed by atoms with Crippen molar-refractivity contribution in [3.8, 4) is 0 Å². The van der Waals surface area contributed by atoms with Crippen molar-refractivity contribution in [1.29, 1.82) is 0 Å². The molecule has 1 aliphatic heterocycles. The maximum atomic E-state index is 4.55. The van der Waals surface area contributed by atoms with Crippen molar-refractivity contribution in [3.05, 3.63) is 24.6 Å². The van der Waals surface area contributed by atoms with Crippen LogP contribution in [0.4, 0.5) is 0 Å². The van der Waals surface area contributed by atoms with E-state index >= 15 is 0 Å². The molecule has 2 nitrogen and oxygen atoms in total. The maximum Gasteiger partial charge on any atom is 0.119 e. The summed E-state index contributed by atoms with van der Waals surface area (Å²) in [4.78, 5) is 4.55. The van der Waals surface area contributed by atoms with E-state index in [1.165, 1.54) is 32.1 Å². The topological polar surface area (TPSA) is 21.3 Å². The molecular weight excluding hydrogens is 162 g/mol. The third-order valence-corrected chi connectivity index (χ3v) is 1.70. The van der Waals surface area contributed by atoms with Crippen LogP contribution < -0.4 is 5.48 Å². The summed E-state index contributed by atoms with van der Waals surface area (Å²) in [6.45, 7) is 4.49. The van der Waals surface area contributed by atoms with Crippen LogP contribution in [0.5, 0.6) is 0 Å². The van der Waals surface area contributed by atoms with E-state index < -0.39 is 0 Å². The third kappa shape index (κ3) is 11.1. The van der Waals surface area contributed by atoms with Crippen molar-refractivity contribution in [3.63, 3.8) is 0 Å². The molecule has 0 unspecified atom stereocenters. The van der Waals surface area contributed by atoms with Crippen molar-refractivity contribution in [1.82, 2.24) is 5.48 Å². The first-order chi connectivity index (χ1) is 6.41. The molecule has 0 aromatic rings. The van der Waals surface area contributed by atoms with Crippen molar-refractivity contribution in [2.75, 3.05) is 0 Å². The first-order valence-electron chi connectivity index (χ1n) is 5.14. The van der Waals surface area contributed by atoms with E-state index in [0.717, 1.165) is 0 Å². The van der Waals surface area contributed by atoms with E-state index in [-0.39, 0.29) is 0 Å². The van der Waals surface area contributed by atoms with Crippen LogP contribution in [0.1, 0.15) is 46.0 Å². The molecule has 0 amide bonds. The Balaban J connectivity index is 0.000000223. The molecule has 76 valence electrons. The third-order valence-electron chi connectivity index (χ3n) is 1.70. The molecule has 13 heavy (non-hydrogen) atoms. The Morgan fingerprint density at radius 1 is 1.00 bits per heavy atom. The van der Waals surface area contributed by atoms with Crippen LogP contribution in [0.3, 0.4) is 0 Å². The maximum absolute atomic E-state index is 4.55. The zero-order valence-electron chi connectivity index (χ0n) is 8.75. The van der Waals surface area contributed by atoms with Crippen molar-refractivity contribution in [2.45, 2.75) is 46.0 Å². The highest BCUT2D eigenvalue weighted by molar-refractivity contribution is 5.00. The molecular formula is C11H21NO. The van der Waals surface area contributed by atoms with Gasteiger partial charge in [0.1, 0.15) is 6.26 Å². The smallest absolute Gasteiger partial charge is 0.119 e. The van der Waals surface area contributed by atoms with Gasteiger partial charge in [0.2, 0.25) is 0 Å². The van der Waals surface area contributed by atoms with E-state index in [9.17, 15) is 0 Å². The molecule has 0 aromatic heterocycles. The second kappa shape index (κ2) is 11.1. The van der Waals surface area contributed by atoms with Gasteiger partial charge in [-0.15, -0.1) is 0 Å². The van der Waals surface area contributed by atoms with Crippen molar-refractivity contribution in [2.24, 2.45) is 0 Å². The molecule has 1 N–H and O–H groups in total. The Morgan fingerprint density at radius 3 is 1.92 bits per heavy atom. The summed E-state index contributed by atoms with van der Waals surface area (Å²) < 4.78 is 0. The van der Waals surface area contributed by atoms with Gasteiger partial charge >= 0.3 is 0 Å². The van der Waals surface area contributed by atoms with Gasteiger partial charge in [-0.2, -0.15) is 0 Å². The lowest BCUT2D eigenvalue weighted by molar-refractivity contribution is 0.172. The van der Waals surface area contributed by atoms with Gasteiger partial charge in [0, 0.05) is 6.20 Å². The predicted octanol–water partition coefficient (Wildman–Crippen LogP) is 3.53. The number of nitrogens with one attached hydrogen (secondary N) is 1. The summed E-state index contributed by atoms with van der Waals surface area (Å²) >= 11 is 0. The minimum Gasteiger partial charge on any atom is -0.391 e. The largest absolute Gasteiger partial charge is 0.391 e. The molecule has 0 atom stereocenters. The Labute approximate surface area is 81.6 Å². The molecule has 1 heterocycles. The van der Waals surface area contributed by atoms with E-state index in [1.54, 1.807) is 18.5 Å². The highest BCUT2D eigenvalue weighted by Gasteiger charge is 1.80. The minimum atomic E-state index is 1.36. The van der Waals surface area contributed by atoms with Crippen LogP contribution in [0.25, 0.3) is 0 Å². The second-order valence-electron chi connectivity index (χ2n) is 2.98.